The van der Waals surface area contributed by atoms with E-state index in [9.17, 15) is 22.6 Å². The summed E-state index contributed by atoms with van der Waals surface area (Å²) in [7, 11) is -5.01. The number of carbonyl (C=O) groups excluding carboxylic acids is 2. The average Bonchev–Trinajstić information content (AvgIpc) is 3.02. The third-order valence-corrected chi connectivity index (χ3v) is 9.99. The minimum Gasteiger partial charge on any atom is -0.747 e. The van der Waals surface area contributed by atoms with E-state index >= 15 is 0 Å². The summed E-state index contributed by atoms with van der Waals surface area (Å²) in [6, 6.07) is 0. The Kier molecular flexibility index (Phi) is 29.6. The Hall–Kier alpha value is -1.19. The predicted octanol–water partition coefficient (Wildman–Crippen LogP) is 8.81. The van der Waals surface area contributed by atoms with E-state index in [-0.39, 0.29) is 25.0 Å². The first-order valence-electron chi connectivity index (χ1n) is 18.6. The van der Waals surface area contributed by atoms with Crippen molar-refractivity contribution >= 4 is 22.1 Å². The van der Waals surface area contributed by atoms with Gasteiger partial charge in [0.1, 0.15) is 10.1 Å². The number of carbonyl (C=O) groups is 2. The van der Waals surface area contributed by atoms with Gasteiger partial charge in [0.15, 0.2) is 5.25 Å². The molecule has 0 saturated heterocycles. The van der Waals surface area contributed by atoms with Gasteiger partial charge in [-0.25, -0.2) is 8.42 Å². The summed E-state index contributed by atoms with van der Waals surface area (Å²) in [5.41, 5.74) is 0. The summed E-state index contributed by atoms with van der Waals surface area (Å²) >= 11 is 0. The summed E-state index contributed by atoms with van der Waals surface area (Å²) in [5.74, 6) is -1.74. The molecular formula is C36H73NO7S. The van der Waals surface area contributed by atoms with Crippen LogP contribution in [0.15, 0.2) is 0 Å². The predicted molar refractivity (Wildman–Crippen MR) is 186 cm³/mol. The SMILES string of the molecule is CCCCC(CC)COC(=O)CC(C(=O)OCC(CC)CCCC)S(=O)(=O)[O-].CCCC[N+](CCCC)(CCCC)CCCC. The lowest BCUT2D eigenvalue weighted by Crippen LogP contribution is -2.50. The minimum absolute atomic E-state index is 0.0470. The van der Waals surface area contributed by atoms with Gasteiger partial charge in [-0.3, -0.25) is 9.59 Å². The van der Waals surface area contributed by atoms with Crippen LogP contribution in [0.2, 0.25) is 0 Å². The number of esters is 2. The van der Waals surface area contributed by atoms with E-state index in [1.807, 2.05) is 13.8 Å². The summed E-state index contributed by atoms with van der Waals surface area (Å²) in [6.07, 6.45) is 17.6. The van der Waals surface area contributed by atoms with E-state index in [0.717, 1.165) is 51.4 Å². The molecule has 0 spiro atoms. The van der Waals surface area contributed by atoms with Gasteiger partial charge in [0.2, 0.25) is 0 Å². The van der Waals surface area contributed by atoms with Crippen LogP contribution < -0.4 is 0 Å². The first-order chi connectivity index (χ1) is 21.4. The molecule has 8 nitrogen and oxygen atoms in total. The highest BCUT2D eigenvalue weighted by Crippen LogP contribution is 2.18. The fraction of sp³-hybridized carbons (Fsp3) is 0.944. The molecule has 0 aliphatic carbocycles. The lowest BCUT2D eigenvalue weighted by atomic mass is 10.0. The van der Waals surface area contributed by atoms with Gasteiger partial charge in [0.05, 0.1) is 45.8 Å². The molecule has 3 atom stereocenters. The van der Waals surface area contributed by atoms with Crippen LogP contribution in [0.1, 0.15) is 165 Å². The topological polar surface area (TPSA) is 110 Å². The Morgan fingerprint density at radius 3 is 1.27 bits per heavy atom. The van der Waals surface area contributed by atoms with Gasteiger partial charge in [-0.05, 0) is 50.4 Å². The Labute approximate surface area is 279 Å². The Morgan fingerprint density at radius 1 is 0.600 bits per heavy atom. The molecule has 0 amide bonds. The second-order valence-corrected chi connectivity index (χ2v) is 14.5. The smallest absolute Gasteiger partial charge is 0.323 e. The lowest BCUT2D eigenvalue weighted by Gasteiger charge is -2.39. The van der Waals surface area contributed by atoms with Gasteiger partial charge in [-0.15, -0.1) is 0 Å². The number of nitrogens with zero attached hydrogens (tertiary/aromatic N) is 1. The highest BCUT2D eigenvalue weighted by molar-refractivity contribution is 7.87. The molecule has 3 unspecified atom stereocenters. The van der Waals surface area contributed by atoms with Gasteiger partial charge in [0.25, 0.3) is 0 Å². The normalized spacial score (nSPS) is 13.8. The Balaban J connectivity index is 0. The standard InChI is InChI=1S/C20H38O7S.C16H36N/c1-5-9-11-16(7-3)14-26-19(21)13-18(28(23,24)25)20(22)27-15-17(8-4)12-10-6-2;1-5-9-13-17(14-10-6-2,15-11-7-3)16-12-8-4/h16-18H,5-15H2,1-4H3,(H,23,24,25);5-16H2,1-4H3/q;+1/p-1. The highest BCUT2D eigenvalue weighted by atomic mass is 32.2. The molecule has 9 heteroatoms. The molecule has 0 aromatic carbocycles. The zero-order chi connectivity index (χ0) is 34.6. The van der Waals surface area contributed by atoms with Gasteiger partial charge in [-0.1, -0.05) is 120 Å². The fourth-order valence-electron chi connectivity index (χ4n) is 5.46. The number of hydrogen-bond donors (Lipinski definition) is 0. The summed E-state index contributed by atoms with van der Waals surface area (Å²) in [5, 5.41) is -2.06. The monoisotopic (exact) mass is 664 g/mol. The largest absolute Gasteiger partial charge is 0.747 e. The Bertz CT molecular complexity index is 781. The number of hydrogen-bond acceptors (Lipinski definition) is 7. The van der Waals surface area contributed by atoms with Crippen LogP contribution >= 0.6 is 0 Å². The van der Waals surface area contributed by atoms with Crippen LogP contribution in [0, 0.1) is 11.8 Å². The molecule has 0 N–H and O–H groups in total. The first-order valence-corrected chi connectivity index (χ1v) is 20.0. The average molecular weight is 664 g/mol. The van der Waals surface area contributed by atoms with E-state index in [4.69, 9.17) is 9.47 Å². The number of quaternary nitrogens is 1. The van der Waals surface area contributed by atoms with Gasteiger partial charge in [-0.2, -0.15) is 0 Å². The molecule has 0 radical (unpaired) electrons. The van der Waals surface area contributed by atoms with Crippen molar-refractivity contribution in [3.63, 3.8) is 0 Å². The molecule has 0 fully saturated rings. The first kappa shape index (κ1) is 45.9. The summed E-state index contributed by atoms with van der Waals surface area (Å²) < 4.78 is 46.0. The van der Waals surface area contributed by atoms with Gasteiger partial charge < -0.3 is 18.5 Å². The lowest BCUT2D eigenvalue weighted by molar-refractivity contribution is -0.929. The molecular weight excluding hydrogens is 590 g/mol. The quantitative estimate of drug-likeness (QED) is 0.0467. The van der Waals surface area contributed by atoms with E-state index in [2.05, 4.69) is 41.5 Å². The van der Waals surface area contributed by atoms with Crippen molar-refractivity contribution in [3.8, 4) is 0 Å². The minimum atomic E-state index is -5.01. The number of ether oxygens (including phenoxy) is 2. The van der Waals surface area contributed by atoms with Crippen molar-refractivity contribution in [1.82, 2.24) is 0 Å². The highest BCUT2D eigenvalue weighted by Gasteiger charge is 2.31. The maximum absolute atomic E-state index is 12.1. The molecule has 270 valence electrons. The van der Waals surface area contributed by atoms with Crippen LogP contribution in [-0.4, -0.2) is 74.0 Å². The Morgan fingerprint density at radius 2 is 0.956 bits per heavy atom. The summed E-state index contributed by atoms with van der Waals surface area (Å²) in [4.78, 5) is 24.1. The number of rotatable bonds is 28. The molecule has 0 aliphatic rings. The second-order valence-electron chi connectivity index (χ2n) is 13.0. The van der Waals surface area contributed by atoms with E-state index in [0.29, 0.717) is 0 Å². The van der Waals surface area contributed by atoms with Crippen molar-refractivity contribution in [2.75, 3.05) is 39.4 Å². The van der Waals surface area contributed by atoms with E-state index in [1.54, 1.807) is 0 Å². The second kappa shape index (κ2) is 29.0. The van der Waals surface area contributed by atoms with E-state index in [1.165, 1.54) is 82.0 Å². The third kappa shape index (κ3) is 23.7. The van der Waals surface area contributed by atoms with Crippen molar-refractivity contribution in [3.05, 3.63) is 0 Å². The van der Waals surface area contributed by atoms with Crippen LogP contribution in [0.5, 0.6) is 0 Å². The summed E-state index contributed by atoms with van der Waals surface area (Å²) in [6.45, 7) is 23.3. The van der Waals surface area contributed by atoms with Crippen molar-refractivity contribution < 1.29 is 36.5 Å². The van der Waals surface area contributed by atoms with Gasteiger partial charge in [0, 0.05) is 0 Å². The zero-order valence-corrected chi connectivity index (χ0v) is 31.5. The third-order valence-electron chi connectivity index (χ3n) is 8.94. The molecule has 0 aromatic heterocycles. The van der Waals surface area contributed by atoms with Crippen molar-refractivity contribution in [1.29, 1.82) is 0 Å². The van der Waals surface area contributed by atoms with Gasteiger partial charge >= 0.3 is 11.9 Å². The van der Waals surface area contributed by atoms with Crippen LogP contribution in [0.3, 0.4) is 0 Å². The van der Waals surface area contributed by atoms with Crippen LogP contribution in [0.4, 0.5) is 0 Å². The molecule has 0 aliphatic heterocycles. The molecule has 45 heavy (non-hydrogen) atoms. The molecule has 0 heterocycles. The van der Waals surface area contributed by atoms with Crippen LogP contribution in [-0.2, 0) is 29.2 Å². The fourth-order valence-corrected chi connectivity index (χ4v) is 6.10. The number of unbranched alkanes of at least 4 members (excludes halogenated alkanes) is 6. The zero-order valence-electron chi connectivity index (χ0n) is 30.7. The molecule has 0 saturated carbocycles. The van der Waals surface area contributed by atoms with Crippen LogP contribution in [0.25, 0.3) is 0 Å². The maximum atomic E-state index is 12.1. The molecule has 0 rings (SSSR count). The van der Waals surface area contributed by atoms with E-state index < -0.39 is 33.7 Å². The van der Waals surface area contributed by atoms with Crippen molar-refractivity contribution in [2.45, 2.75) is 170 Å². The molecule has 0 aromatic rings. The molecule has 0 bridgehead atoms. The maximum Gasteiger partial charge on any atom is 0.323 e. The van der Waals surface area contributed by atoms with Crippen molar-refractivity contribution in [2.24, 2.45) is 11.8 Å².